The number of aliphatic hydroxyl groups excluding tert-OH is 1. The number of ether oxygens (including phenoxy) is 1. The van der Waals surface area contributed by atoms with Crippen molar-refractivity contribution in [1.29, 1.82) is 0 Å². The first-order valence-corrected chi connectivity index (χ1v) is 7.00. The number of nitrogens with one attached hydrogen (secondary N) is 1. The number of hydrogen-bond donors (Lipinski definition) is 2. The zero-order valence-corrected chi connectivity index (χ0v) is 10.9. The van der Waals surface area contributed by atoms with Crippen LogP contribution in [0.3, 0.4) is 0 Å². The molecule has 1 atom stereocenters. The summed E-state index contributed by atoms with van der Waals surface area (Å²) in [7, 11) is -0.104. The number of hydrogen-bond acceptors (Lipinski definition) is 5. The molecule has 0 saturated carbocycles. The molecule has 0 fully saturated rings. The summed E-state index contributed by atoms with van der Waals surface area (Å²) in [5.74, 6) is 0.472. The summed E-state index contributed by atoms with van der Waals surface area (Å²) in [5, 5.41) is 12.7. The van der Waals surface area contributed by atoms with Crippen LogP contribution < -0.4 is 10.1 Å². The van der Waals surface area contributed by atoms with E-state index in [1.165, 1.54) is 19.2 Å². The van der Waals surface area contributed by atoms with E-state index in [1.807, 2.05) is 0 Å². The maximum Gasteiger partial charge on any atom is 0.175 e. The van der Waals surface area contributed by atoms with E-state index in [4.69, 9.17) is 4.74 Å². The molecule has 17 heavy (non-hydrogen) atoms. The van der Waals surface area contributed by atoms with Gasteiger partial charge in [-0.05, 0) is 25.2 Å². The molecule has 1 rings (SSSR count). The van der Waals surface area contributed by atoms with Gasteiger partial charge in [0.25, 0.3) is 0 Å². The predicted molar refractivity (Wildman–Crippen MR) is 65.0 cm³/mol. The second-order valence-corrected chi connectivity index (χ2v) is 5.77. The minimum Gasteiger partial charge on any atom is -0.496 e. The lowest BCUT2D eigenvalue weighted by Crippen LogP contribution is -2.17. The van der Waals surface area contributed by atoms with Crippen molar-refractivity contribution < 1.29 is 18.3 Å². The summed E-state index contributed by atoms with van der Waals surface area (Å²) in [6, 6.07) is 4.45. The third kappa shape index (κ3) is 3.42. The summed E-state index contributed by atoms with van der Waals surface area (Å²) in [4.78, 5) is 0.170. The molecule has 0 heterocycles. The van der Waals surface area contributed by atoms with Crippen molar-refractivity contribution in [2.24, 2.45) is 0 Å². The first kappa shape index (κ1) is 14.0. The molecule has 0 amide bonds. The van der Waals surface area contributed by atoms with E-state index < -0.39 is 15.9 Å². The number of benzene rings is 1. The Bertz CT molecular complexity index is 484. The van der Waals surface area contributed by atoms with Gasteiger partial charge in [0.05, 0.1) is 18.1 Å². The van der Waals surface area contributed by atoms with Gasteiger partial charge in [-0.1, -0.05) is 0 Å². The van der Waals surface area contributed by atoms with Crippen LogP contribution in [0, 0.1) is 0 Å². The summed E-state index contributed by atoms with van der Waals surface area (Å²) in [6.45, 7) is 0.323. The van der Waals surface area contributed by atoms with E-state index in [9.17, 15) is 13.5 Å². The van der Waals surface area contributed by atoms with Gasteiger partial charge in [0.1, 0.15) is 5.75 Å². The number of methoxy groups -OCH3 is 1. The van der Waals surface area contributed by atoms with Crippen molar-refractivity contribution in [3.8, 4) is 5.75 Å². The van der Waals surface area contributed by atoms with E-state index in [1.54, 1.807) is 13.1 Å². The van der Waals surface area contributed by atoms with Crippen LogP contribution in [-0.2, 0) is 9.84 Å². The summed E-state index contributed by atoms with van der Waals surface area (Å²) < 4.78 is 28.0. The van der Waals surface area contributed by atoms with Crippen molar-refractivity contribution in [3.05, 3.63) is 23.8 Å². The fraction of sp³-hybridized carbons (Fsp3) is 0.455. The third-order valence-corrected chi connectivity index (χ3v) is 3.50. The third-order valence-electron chi connectivity index (χ3n) is 2.39. The Morgan fingerprint density at radius 2 is 2.12 bits per heavy atom. The first-order valence-electron chi connectivity index (χ1n) is 5.10. The number of likely N-dealkylation sites (N-methyl/N-ethyl adjacent to an activating group) is 1. The largest absolute Gasteiger partial charge is 0.496 e. The van der Waals surface area contributed by atoms with Crippen LogP contribution in [0.1, 0.15) is 11.7 Å². The molecular weight excluding hydrogens is 242 g/mol. The normalized spacial score (nSPS) is 13.4. The average Bonchev–Trinajstić information content (AvgIpc) is 2.27. The molecule has 1 unspecified atom stereocenters. The lowest BCUT2D eigenvalue weighted by atomic mass is 10.1. The molecule has 1 aromatic carbocycles. The molecule has 6 heteroatoms. The van der Waals surface area contributed by atoms with E-state index >= 15 is 0 Å². The molecule has 0 bridgehead atoms. The number of aliphatic hydroxyl groups is 1. The number of sulfone groups is 1. The molecular formula is C11H17NO4S. The van der Waals surface area contributed by atoms with E-state index in [0.717, 1.165) is 6.26 Å². The quantitative estimate of drug-likeness (QED) is 0.798. The van der Waals surface area contributed by atoms with Crippen molar-refractivity contribution in [2.45, 2.75) is 11.0 Å². The molecule has 5 nitrogen and oxygen atoms in total. The van der Waals surface area contributed by atoms with Crippen LogP contribution in [0.5, 0.6) is 5.75 Å². The van der Waals surface area contributed by atoms with Crippen LogP contribution in [0.15, 0.2) is 23.1 Å². The lowest BCUT2D eigenvalue weighted by Gasteiger charge is -2.15. The molecule has 96 valence electrons. The highest BCUT2D eigenvalue weighted by molar-refractivity contribution is 7.90. The summed E-state index contributed by atoms with van der Waals surface area (Å²) in [5.41, 5.74) is 0.463. The highest BCUT2D eigenvalue weighted by Gasteiger charge is 2.16. The zero-order valence-electron chi connectivity index (χ0n) is 10.1. The highest BCUT2D eigenvalue weighted by Crippen LogP contribution is 2.27. The minimum atomic E-state index is -3.29. The fourth-order valence-corrected chi connectivity index (χ4v) is 2.16. The van der Waals surface area contributed by atoms with Crippen LogP contribution in [0.4, 0.5) is 0 Å². The molecule has 0 aliphatic rings. The van der Waals surface area contributed by atoms with Crippen LogP contribution in [0.2, 0.25) is 0 Å². The second kappa shape index (κ2) is 5.48. The van der Waals surface area contributed by atoms with Crippen LogP contribution in [0.25, 0.3) is 0 Å². The SMILES string of the molecule is CNCC(O)c1cc(S(C)(=O)=O)ccc1OC. The Morgan fingerprint density at radius 3 is 2.59 bits per heavy atom. The maximum atomic E-state index is 11.4. The molecule has 0 aromatic heterocycles. The molecule has 0 spiro atoms. The van der Waals surface area contributed by atoms with Gasteiger partial charge in [0.15, 0.2) is 9.84 Å². The van der Waals surface area contributed by atoms with Gasteiger partial charge in [0.2, 0.25) is 0 Å². The summed E-state index contributed by atoms with van der Waals surface area (Å²) in [6.07, 6.45) is 0.319. The molecule has 1 aromatic rings. The van der Waals surface area contributed by atoms with Crippen molar-refractivity contribution >= 4 is 9.84 Å². The molecule has 0 aliphatic carbocycles. The Hall–Kier alpha value is -1.11. The van der Waals surface area contributed by atoms with E-state index in [2.05, 4.69) is 5.32 Å². The van der Waals surface area contributed by atoms with Crippen molar-refractivity contribution in [3.63, 3.8) is 0 Å². The fourth-order valence-electron chi connectivity index (χ4n) is 1.51. The smallest absolute Gasteiger partial charge is 0.175 e. The monoisotopic (exact) mass is 259 g/mol. The van der Waals surface area contributed by atoms with E-state index in [0.29, 0.717) is 17.9 Å². The highest BCUT2D eigenvalue weighted by atomic mass is 32.2. The van der Waals surface area contributed by atoms with Gasteiger partial charge >= 0.3 is 0 Å². The molecule has 0 aliphatic heterocycles. The van der Waals surface area contributed by atoms with E-state index in [-0.39, 0.29) is 4.90 Å². The predicted octanol–water partition coefficient (Wildman–Crippen LogP) is 0.352. The second-order valence-electron chi connectivity index (χ2n) is 3.75. The Kier molecular flexibility index (Phi) is 4.50. The molecule has 0 radical (unpaired) electrons. The molecule has 2 N–H and O–H groups in total. The maximum absolute atomic E-state index is 11.4. The van der Waals surface area contributed by atoms with Crippen molar-refractivity contribution in [2.75, 3.05) is 27.0 Å². The Morgan fingerprint density at radius 1 is 1.47 bits per heavy atom. The van der Waals surface area contributed by atoms with Gasteiger partial charge < -0.3 is 15.2 Å². The van der Waals surface area contributed by atoms with Gasteiger partial charge in [-0.2, -0.15) is 0 Å². The topological polar surface area (TPSA) is 75.6 Å². The lowest BCUT2D eigenvalue weighted by molar-refractivity contribution is 0.173. The van der Waals surface area contributed by atoms with Gasteiger partial charge in [-0.15, -0.1) is 0 Å². The number of rotatable bonds is 5. The van der Waals surface area contributed by atoms with Gasteiger partial charge in [0, 0.05) is 18.4 Å². The Labute approximate surface area is 101 Å². The summed E-state index contributed by atoms with van der Waals surface area (Å²) >= 11 is 0. The Balaban J connectivity index is 3.24. The average molecular weight is 259 g/mol. The van der Waals surface area contributed by atoms with Crippen LogP contribution >= 0.6 is 0 Å². The van der Waals surface area contributed by atoms with Gasteiger partial charge in [-0.25, -0.2) is 8.42 Å². The standard InChI is InChI=1S/C11H17NO4S/c1-12-7-10(13)9-6-8(17(3,14)15)4-5-11(9)16-2/h4-6,10,12-13H,7H2,1-3H3. The van der Waals surface area contributed by atoms with Crippen molar-refractivity contribution in [1.82, 2.24) is 5.32 Å². The van der Waals surface area contributed by atoms with Gasteiger partial charge in [-0.3, -0.25) is 0 Å². The first-order chi connectivity index (χ1) is 7.90. The zero-order chi connectivity index (χ0) is 13.1. The van der Waals surface area contributed by atoms with Crippen LogP contribution in [-0.4, -0.2) is 40.5 Å². The molecule has 0 saturated heterocycles. The minimum absolute atomic E-state index is 0.170.